The second kappa shape index (κ2) is 16.0. The molecule has 3 aromatic carbocycles. The van der Waals surface area contributed by atoms with Crippen LogP contribution in [0.4, 0.5) is 5.69 Å². The van der Waals surface area contributed by atoms with Crippen LogP contribution in [0.2, 0.25) is 0 Å². The van der Waals surface area contributed by atoms with E-state index in [0.29, 0.717) is 36.3 Å². The molecule has 0 unspecified atom stereocenters. The lowest BCUT2D eigenvalue weighted by Crippen LogP contribution is -2.49. The van der Waals surface area contributed by atoms with Crippen molar-refractivity contribution in [2.45, 2.75) is 63.7 Å². The van der Waals surface area contributed by atoms with Gasteiger partial charge in [0.25, 0.3) is 5.91 Å². The molecule has 0 fully saturated rings. The van der Waals surface area contributed by atoms with Crippen LogP contribution in [-0.2, 0) is 25.5 Å². The summed E-state index contributed by atoms with van der Waals surface area (Å²) in [5, 5.41) is 15.9. The van der Waals surface area contributed by atoms with Crippen LogP contribution in [0.1, 0.15) is 62.8 Å². The van der Waals surface area contributed by atoms with Crippen molar-refractivity contribution in [2.24, 2.45) is 10.1 Å². The number of aliphatic imine (C=N–C) groups is 1. The van der Waals surface area contributed by atoms with E-state index in [2.05, 4.69) is 15.3 Å². The fraction of sp³-hybridized carbons (Fsp3) is 0.400. The fourth-order valence-electron chi connectivity index (χ4n) is 5.15. The van der Waals surface area contributed by atoms with Gasteiger partial charge in [0.05, 0.1) is 13.7 Å². The Morgan fingerprint density at radius 2 is 1.77 bits per heavy atom. The molecule has 2 atom stereocenters. The SMILES string of the molecule is COc1ccc(CCNC(=O)[C@]2(CCC(=O)OC(C)(C)C)N=C(c3ccc(OCCCO)cc3)O[C@@H]2c2ccccc2N=[N+]=[N-])cc1. The summed E-state index contributed by atoms with van der Waals surface area (Å²) in [4.78, 5) is 35.3. The normalized spacial score (nSPS) is 17.1. The van der Waals surface area contributed by atoms with Gasteiger partial charge in [-0.25, -0.2) is 4.99 Å². The third kappa shape index (κ3) is 9.25. The lowest BCUT2D eigenvalue weighted by atomic mass is 9.82. The van der Waals surface area contributed by atoms with E-state index in [9.17, 15) is 15.1 Å². The largest absolute Gasteiger partial charge is 0.497 e. The molecule has 2 N–H and O–H groups in total. The Labute approximate surface area is 274 Å². The van der Waals surface area contributed by atoms with Crippen LogP contribution >= 0.6 is 0 Å². The molecule has 12 nitrogen and oxygen atoms in total. The monoisotopic (exact) mass is 643 g/mol. The molecule has 1 aliphatic rings. The van der Waals surface area contributed by atoms with E-state index in [-0.39, 0.29) is 37.6 Å². The first-order valence-electron chi connectivity index (χ1n) is 15.5. The van der Waals surface area contributed by atoms with Crippen LogP contribution in [0.3, 0.4) is 0 Å². The predicted octanol–water partition coefficient (Wildman–Crippen LogP) is 6.14. The number of ether oxygens (including phenoxy) is 4. The summed E-state index contributed by atoms with van der Waals surface area (Å²) in [7, 11) is 1.60. The van der Waals surface area contributed by atoms with E-state index >= 15 is 0 Å². The number of amides is 1. The Bertz CT molecular complexity index is 1600. The average Bonchev–Trinajstić information content (AvgIpc) is 3.45. The highest BCUT2D eigenvalue weighted by atomic mass is 16.6. The molecule has 0 radical (unpaired) electrons. The molecule has 4 rings (SSSR count). The zero-order valence-electron chi connectivity index (χ0n) is 27.1. The number of hydrogen-bond acceptors (Lipinski definition) is 9. The molecule has 3 aromatic rings. The molecule has 0 spiro atoms. The molecule has 0 saturated carbocycles. The number of azide groups is 1. The first-order chi connectivity index (χ1) is 22.6. The van der Waals surface area contributed by atoms with E-state index in [0.717, 1.165) is 11.3 Å². The maximum atomic E-state index is 14.4. The lowest BCUT2D eigenvalue weighted by molar-refractivity contribution is -0.155. The molecule has 0 bridgehead atoms. The number of nitrogens with zero attached hydrogens (tertiary/aromatic N) is 4. The second-order valence-corrected chi connectivity index (χ2v) is 12.0. The topological polar surface area (TPSA) is 164 Å². The minimum Gasteiger partial charge on any atom is -0.497 e. The van der Waals surface area contributed by atoms with Gasteiger partial charge in [0.15, 0.2) is 11.6 Å². The van der Waals surface area contributed by atoms with Gasteiger partial charge < -0.3 is 29.4 Å². The zero-order chi connectivity index (χ0) is 33.9. The predicted molar refractivity (Wildman–Crippen MR) is 177 cm³/mol. The first kappa shape index (κ1) is 34.8. The third-order valence-electron chi connectivity index (χ3n) is 7.39. The van der Waals surface area contributed by atoms with E-state index in [1.54, 1.807) is 76.4 Å². The Balaban J connectivity index is 1.72. The molecule has 248 valence electrons. The highest BCUT2D eigenvalue weighted by molar-refractivity contribution is 6.01. The van der Waals surface area contributed by atoms with Crippen molar-refractivity contribution in [1.82, 2.24) is 5.32 Å². The van der Waals surface area contributed by atoms with Gasteiger partial charge in [-0.15, -0.1) is 0 Å². The summed E-state index contributed by atoms with van der Waals surface area (Å²) in [6.45, 7) is 5.99. The number of hydrogen-bond donors (Lipinski definition) is 2. The van der Waals surface area contributed by atoms with Crippen LogP contribution in [0.5, 0.6) is 11.5 Å². The summed E-state index contributed by atoms with van der Waals surface area (Å²) in [6, 6.07) is 21.4. The van der Waals surface area contributed by atoms with Gasteiger partial charge >= 0.3 is 5.97 Å². The van der Waals surface area contributed by atoms with E-state index in [1.807, 2.05) is 24.3 Å². The number of aliphatic hydroxyl groups is 1. The lowest BCUT2D eigenvalue weighted by Gasteiger charge is -2.31. The number of methoxy groups -OCH3 is 1. The molecule has 1 heterocycles. The van der Waals surface area contributed by atoms with Crippen molar-refractivity contribution in [3.8, 4) is 11.5 Å². The number of nitrogens with one attached hydrogen (secondary N) is 1. The molecular weight excluding hydrogens is 602 g/mol. The molecule has 47 heavy (non-hydrogen) atoms. The van der Waals surface area contributed by atoms with Gasteiger partial charge in [-0.2, -0.15) is 0 Å². The smallest absolute Gasteiger partial charge is 0.306 e. The molecule has 1 aliphatic heterocycles. The van der Waals surface area contributed by atoms with Gasteiger partial charge in [-0.05, 0) is 81.1 Å². The Hall–Kier alpha value is -5.06. The molecule has 12 heteroatoms. The number of benzene rings is 3. The van der Waals surface area contributed by atoms with Gasteiger partial charge in [-0.1, -0.05) is 41.5 Å². The van der Waals surface area contributed by atoms with E-state index in [4.69, 9.17) is 29.0 Å². The second-order valence-electron chi connectivity index (χ2n) is 12.0. The van der Waals surface area contributed by atoms with Crippen molar-refractivity contribution in [2.75, 3.05) is 26.9 Å². The highest BCUT2D eigenvalue weighted by Gasteiger charge is 2.53. The molecular formula is C35H41N5O7. The van der Waals surface area contributed by atoms with Crippen molar-refractivity contribution < 1.29 is 33.6 Å². The Morgan fingerprint density at radius 3 is 2.43 bits per heavy atom. The van der Waals surface area contributed by atoms with Crippen molar-refractivity contribution >= 4 is 23.5 Å². The van der Waals surface area contributed by atoms with Crippen LogP contribution in [0.25, 0.3) is 10.4 Å². The minimum atomic E-state index is -1.62. The van der Waals surface area contributed by atoms with Crippen LogP contribution in [0.15, 0.2) is 82.9 Å². The van der Waals surface area contributed by atoms with Gasteiger partial charge in [0.2, 0.25) is 5.90 Å². The highest BCUT2D eigenvalue weighted by Crippen LogP contribution is 2.46. The standard InChI is InChI=1S/C35H41N5O7/c1-34(2,3)47-30(42)18-20-35(33(43)37-21-19-24-10-14-26(44-4)15-11-24)31(28-8-5-6-9-29(28)39-40-36)46-32(38-35)25-12-16-27(17-13-25)45-23-7-22-41/h5-6,8-17,31,41H,7,18-23H2,1-4H3,(H,37,43)/t31-,35-/m1/s1. The zero-order valence-corrected chi connectivity index (χ0v) is 27.1. The van der Waals surface area contributed by atoms with Crippen LogP contribution in [-0.4, -0.2) is 60.9 Å². The average molecular weight is 644 g/mol. The van der Waals surface area contributed by atoms with Crippen LogP contribution < -0.4 is 14.8 Å². The summed E-state index contributed by atoms with van der Waals surface area (Å²) < 4.78 is 23.0. The molecule has 0 aromatic heterocycles. The Kier molecular flexibility index (Phi) is 11.8. The van der Waals surface area contributed by atoms with E-state index in [1.165, 1.54) is 0 Å². The molecule has 1 amide bonds. The maximum Gasteiger partial charge on any atom is 0.306 e. The Morgan fingerprint density at radius 1 is 1.06 bits per heavy atom. The number of carbonyl (C=O) groups excluding carboxylic acids is 2. The van der Waals surface area contributed by atoms with Gasteiger partial charge in [0, 0.05) is 47.7 Å². The number of aliphatic hydroxyl groups excluding tert-OH is 1. The quantitative estimate of drug-likeness (QED) is 0.0660. The number of esters is 1. The number of carbonyl (C=O) groups is 2. The van der Waals surface area contributed by atoms with Gasteiger partial charge in [-0.3, -0.25) is 9.59 Å². The van der Waals surface area contributed by atoms with Crippen molar-refractivity contribution in [1.29, 1.82) is 0 Å². The molecule has 0 aliphatic carbocycles. The van der Waals surface area contributed by atoms with Crippen molar-refractivity contribution in [3.63, 3.8) is 0 Å². The maximum absolute atomic E-state index is 14.4. The van der Waals surface area contributed by atoms with Gasteiger partial charge in [0.1, 0.15) is 17.1 Å². The summed E-state index contributed by atoms with van der Waals surface area (Å²) in [6.07, 6.45) is -0.175. The number of rotatable bonds is 15. The minimum absolute atomic E-state index is 0.0228. The van der Waals surface area contributed by atoms with E-state index < -0.39 is 29.1 Å². The summed E-state index contributed by atoms with van der Waals surface area (Å²) in [5.74, 6) is 0.572. The van der Waals surface area contributed by atoms with Crippen LogP contribution in [0, 0.1) is 0 Å². The summed E-state index contributed by atoms with van der Waals surface area (Å²) >= 11 is 0. The first-order valence-corrected chi connectivity index (χ1v) is 15.5. The third-order valence-corrected chi connectivity index (χ3v) is 7.39. The summed E-state index contributed by atoms with van der Waals surface area (Å²) in [5.41, 5.74) is 9.27. The molecule has 0 saturated heterocycles. The fourth-order valence-corrected chi connectivity index (χ4v) is 5.15. The van der Waals surface area contributed by atoms with Crippen molar-refractivity contribution in [3.05, 3.63) is 99.9 Å².